The van der Waals surface area contributed by atoms with Crippen molar-refractivity contribution in [3.05, 3.63) is 45.2 Å². The molecule has 0 bridgehead atoms. The van der Waals surface area contributed by atoms with Gasteiger partial charge in [0.05, 0.1) is 11.5 Å². The summed E-state index contributed by atoms with van der Waals surface area (Å²) in [5.41, 5.74) is 2.64. The lowest BCUT2D eigenvalue weighted by atomic mass is 9.92. The quantitative estimate of drug-likeness (QED) is 0.754. The third-order valence-corrected chi connectivity index (χ3v) is 5.44. The zero-order chi connectivity index (χ0) is 19.8. The molecule has 2 aliphatic heterocycles. The largest absolute Gasteiger partial charge is 0.342 e. The molecule has 3 N–H and O–H groups in total. The van der Waals surface area contributed by atoms with E-state index < -0.39 is 5.92 Å². The molecule has 1 aromatic carbocycles. The summed E-state index contributed by atoms with van der Waals surface area (Å²) < 4.78 is 0. The summed E-state index contributed by atoms with van der Waals surface area (Å²) in [5.74, 6) is -0.966. The molecule has 2 aromatic rings. The fourth-order valence-electron chi connectivity index (χ4n) is 3.71. The molecule has 4 rings (SSSR count). The van der Waals surface area contributed by atoms with Gasteiger partial charge in [0, 0.05) is 25.2 Å². The number of fused-ring (bicyclic) bond motifs is 1. The molecule has 146 valence electrons. The van der Waals surface area contributed by atoms with Crippen molar-refractivity contribution in [1.82, 2.24) is 9.97 Å². The molecule has 1 saturated heterocycles. The van der Waals surface area contributed by atoms with Crippen LogP contribution in [0.4, 0.5) is 17.5 Å². The molecule has 2 amide bonds. The Morgan fingerprint density at radius 1 is 1.18 bits per heavy atom. The van der Waals surface area contributed by atoms with E-state index in [9.17, 15) is 14.4 Å². The van der Waals surface area contributed by atoms with Gasteiger partial charge in [0.25, 0.3) is 5.56 Å². The minimum Gasteiger partial charge on any atom is -0.342 e. The molecule has 1 fully saturated rings. The van der Waals surface area contributed by atoms with Crippen LogP contribution in [0.1, 0.15) is 41.9 Å². The lowest BCUT2D eigenvalue weighted by Gasteiger charge is -2.25. The Kier molecular flexibility index (Phi) is 4.62. The first kappa shape index (κ1) is 18.2. The molecule has 1 aromatic heterocycles. The third kappa shape index (κ3) is 3.37. The van der Waals surface area contributed by atoms with Crippen molar-refractivity contribution >= 4 is 29.3 Å². The summed E-state index contributed by atoms with van der Waals surface area (Å²) in [7, 11) is 0. The zero-order valence-electron chi connectivity index (χ0n) is 16.0. The van der Waals surface area contributed by atoms with Crippen molar-refractivity contribution in [2.75, 3.05) is 28.6 Å². The molecule has 2 aliphatic rings. The molecule has 0 aliphatic carbocycles. The van der Waals surface area contributed by atoms with Crippen molar-refractivity contribution in [2.45, 2.75) is 39.0 Å². The SMILES string of the molecule is Cc1ccc(NC(=O)C2CC(=O)Nc3nc(N4CCCC4)[nH]c(=O)c32)cc1C. The molecule has 0 radical (unpaired) electrons. The van der Waals surface area contributed by atoms with Crippen LogP contribution in [0.2, 0.25) is 0 Å². The highest BCUT2D eigenvalue weighted by atomic mass is 16.2. The van der Waals surface area contributed by atoms with E-state index in [1.54, 1.807) is 0 Å². The number of anilines is 3. The topological polar surface area (TPSA) is 107 Å². The Morgan fingerprint density at radius 2 is 1.93 bits per heavy atom. The van der Waals surface area contributed by atoms with E-state index in [4.69, 9.17) is 0 Å². The van der Waals surface area contributed by atoms with Crippen LogP contribution in [0.15, 0.2) is 23.0 Å². The highest BCUT2D eigenvalue weighted by molar-refractivity contribution is 6.04. The fourth-order valence-corrected chi connectivity index (χ4v) is 3.71. The van der Waals surface area contributed by atoms with Gasteiger partial charge in [0.15, 0.2) is 0 Å². The number of carbonyl (C=O) groups is 2. The number of aryl methyl sites for hydroxylation is 2. The van der Waals surface area contributed by atoms with E-state index in [0.29, 0.717) is 11.6 Å². The number of nitrogens with one attached hydrogen (secondary N) is 3. The standard InChI is InChI=1S/C20H23N5O3/c1-11-5-6-13(9-12(11)2)21-18(27)14-10-15(26)22-17-16(14)19(28)24-20(23-17)25-7-3-4-8-25/h5-6,9,14H,3-4,7-8,10H2,1-2H3,(H,21,27)(H2,22,23,24,26,28). The van der Waals surface area contributed by atoms with Crippen LogP contribution in [-0.4, -0.2) is 34.9 Å². The van der Waals surface area contributed by atoms with E-state index in [2.05, 4.69) is 20.6 Å². The average molecular weight is 381 g/mol. The van der Waals surface area contributed by atoms with E-state index in [0.717, 1.165) is 37.1 Å². The molecule has 28 heavy (non-hydrogen) atoms. The molecule has 1 unspecified atom stereocenters. The number of nitrogens with zero attached hydrogens (tertiary/aromatic N) is 2. The maximum atomic E-state index is 12.9. The second kappa shape index (κ2) is 7.10. The lowest BCUT2D eigenvalue weighted by Crippen LogP contribution is -2.37. The number of aromatic amines is 1. The van der Waals surface area contributed by atoms with Crippen LogP contribution in [0.25, 0.3) is 0 Å². The summed E-state index contributed by atoms with van der Waals surface area (Å²) in [6.45, 7) is 5.58. The maximum Gasteiger partial charge on any atom is 0.258 e. The number of carbonyl (C=O) groups excluding carboxylic acids is 2. The van der Waals surface area contributed by atoms with Gasteiger partial charge in [0.1, 0.15) is 5.82 Å². The number of H-pyrrole nitrogens is 1. The highest BCUT2D eigenvalue weighted by Crippen LogP contribution is 2.30. The Labute approximate surface area is 162 Å². The summed E-state index contributed by atoms with van der Waals surface area (Å²) in [4.78, 5) is 47.0. The molecule has 0 saturated carbocycles. The van der Waals surface area contributed by atoms with Crippen LogP contribution in [0.5, 0.6) is 0 Å². The Hall–Kier alpha value is -3.16. The number of rotatable bonds is 3. The van der Waals surface area contributed by atoms with Gasteiger partial charge in [-0.3, -0.25) is 19.4 Å². The van der Waals surface area contributed by atoms with Gasteiger partial charge in [-0.25, -0.2) is 0 Å². The van der Waals surface area contributed by atoms with Gasteiger partial charge >= 0.3 is 0 Å². The number of hydrogen-bond acceptors (Lipinski definition) is 5. The van der Waals surface area contributed by atoms with Crippen LogP contribution in [0, 0.1) is 13.8 Å². The first-order valence-electron chi connectivity index (χ1n) is 9.49. The monoisotopic (exact) mass is 381 g/mol. The summed E-state index contributed by atoms with van der Waals surface area (Å²) in [6, 6.07) is 5.60. The normalized spacial score (nSPS) is 18.6. The lowest BCUT2D eigenvalue weighted by molar-refractivity contribution is -0.123. The van der Waals surface area contributed by atoms with E-state index in [1.165, 1.54) is 0 Å². The van der Waals surface area contributed by atoms with Gasteiger partial charge in [0.2, 0.25) is 17.8 Å². The highest BCUT2D eigenvalue weighted by Gasteiger charge is 2.35. The minimum absolute atomic E-state index is 0.0858. The molecular formula is C20H23N5O3. The van der Waals surface area contributed by atoms with Crippen LogP contribution >= 0.6 is 0 Å². The Morgan fingerprint density at radius 3 is 2.64 bits per heavy atom. The van der Waals surface area contributed by atoms with E-state index in [-0.39, 0.29) is 35.2 Å². The number of hydrogen-bond donors (Lipinski definition) is 3. The van der Waals surface area contributed by atoms with Crippen LogP contribution < -0.4 is 21.1 Å². The fraction of sp³-hybridized carbons (Fsp3) is 0.400. The van der Waals surface area contributed by atoms with Gasteiger partial charge in [-0.15, -0.1) is 0 Å². The predicted octanol–water partition coefficient (Wildman–Crippen LogP) is 2.05. The molecule has 1 atom stereocenters. The van der Waals surface area contributed by atoms with Gasteiger partial charge in [-0.05, 0) is 49.9 Å². The maximum absolute atomic E-state index is 12.9. The van der Waals surface area contributed by atoms with Crippen molar-refractivity contribution in [2.24, 2.45) is 0 Å². The number of amides is 2. The summed E-state index contributed by atoms with van der Waals surface area (Å²) in [6.07, 6.45) is 1.99. The molecular weight excluding hydrogens is 358 g/mol. The molecule has 8 nitrogen and oxygen atoms in total. The summed E-state index contributed by atoms with van der Waals surface area (Å²) in [5, 5.41) is 5.48. The van der Waals surface area contributed by atoms with Crippen LogP contribution in [-0.2, 0) is 9.59 Å². The first-order valence-corrected chi connectivity index (χ1v) is 9.49. The molecule has 8 heteroatoms. The summed E-state index contributed by atoms with van der Waals surface area (Å²) >= 11 is 0. The smallest absolute Gasteiger partial charge is 0.258 e. The number of benzene rings is 1. The molecule has 0 spiro atoms. The van der Waals surface area contributed by atoms with Crippen molar-refractivity contribution < 1.29 is 9.59 Å². The third-order valence-electron chi connectivity index (χ3n) is 5.44. The van der Waals surface area contributed by atoms with E-state index >= 15 is 0 Å². The minimum atomic E-state index is -0.880. The second-order valence-corrected chi connectivity index (χ2v) is 7.44. The van der Waals surface area contributed by atoms with Crippen molar-refractivity contribution in [1.29, 1.82) is 0 Å². The van der Waals surface area contributed by atoms with Crippen molar-refractivity contribution in [3.63, 3.8) is 0 Å². The van der Waals surface area contributed by atoms with Crippen molar-refractivity contribution in [3.8, 4) is 0 Å². The Bertz CT molecular complexity index is 1010. The Balaban J connectivity index is 1.65. The van der Waals surface area contributed by atoms with Gasteiger partial charge < -0.3 is 15.5 Å². The van der Waals surface area contributed by atoms with Crippen LogP contribution in [0.3, 0.4) is 0 Å². The predicted molar refractivity (Wildman–Crippen MR) is 107 cm³/mol. The van der Waals surface area contributed by atoms with Gasteiger partial charge in [-0.2, -0.15) is 4.98 Å². The second-order valence-electron chi connectivity index (χ2n) is 7.44. The average Bonchev–Trinajstić information content (AvgIpc) is 3.18. The number of aromatic nitrogens is 2. The van der Waals surface area contributed by atoms with E-state index in [1.807, 2.05) is 36.9 Å². The van der Waals surface area contributed by atoms with Gasteiger partial charge in [-0.1, -0.05) is 6.07 Å². The molecule has 3 heterocycles. The zero-order valence-corrected chi connectivity index (χ0v) is 16.0. The first-order chi connectivity index (χ1) is 13.4.